The number of hydrogen-bond donors (Lipinski definition) is 3. The molecule has 0 rings (SSSR count). The molecule has 0 heterocycles. The van der Waals surface area contributed by atoms with Gasteiger partial charge in [-0.2, -0.15) is 0 Å². The zero-order chi connectivity index (χ0) is 50.7. The Morgan fingerprint density at radius 1 is 0.386 bits per heavy atom. The predicted molar refractivity (Wildman–Crippen MR) is 306 cm³/mol. The summed E-state index contributed by atoms with van der Waals surface area (Å²) in [4.78, 5) is 24.5. The lowest BCUT2D eigenvalue weighted by Crippen LogP contribution is -2.45. The second-order valence-electron chi connectivity index (χ2n) is 21.7. The molecule has 0 aliphatic rings. The molecule has 6 heteroatoms. The molecule has 0 aromatic heterocycles. The second kappa shape index (κ2) is 59.9. The third-order valence-electron chi connectivity index (χ3n) is 14.7. The minimum atomic E-state index is -0.666. The van der Waals surface area contributed by atoms with Crippen LogP contribution in [-0.4, -0.2) is 47.4 Å². The Hall–Kier alpha value is -1.66. The highest BCUT2D eigenvalue weighted by Gasteiger charge is 2.20. The number of ether oxygens (including phenoxy) is 1. The van der Waals surface area contributed by atoms with E-state index in [2.05, 4.69) is 43.5 Å². The van der Waals surface area contributed by atoms with Gasteiger partial charge in [0.1, 0.15) is 0 Å². The number of hydrogen-bond acceptors (Lipinski definition) is 5. The van der Waals surface area contributed by atoms with Crippen molar-refractivity contribution in [2.75, 3.05) is 13.2 Å². The van der Waals surface area contributed by atoms with Crippen molar-refractivity contribution in [1.29, 1.82) is 0 Å². The second-order valence-corrected chi connectivity index (χ2v) is 21.7. The number of aliphatic hydroxyl groups is 2. The lowest BCUT2D eigenvalue weighted by Gasteiger charge is -2.22. The van der Waals surface area contributed by atoms with E-state index >= 15 is 0 Å². The number of allylic oxidation sites excluding steroid dienone is 4. The minimum Gasteiger partial charge on any atom is -0.466 e. The van der Waals surface area contributed by atoms with Crippen molar-refractivity contribution in [3.63, 3.8) is 0 Å². The topological polar surface area (TPSA) is 95.9 Å². The number of unbranched alkanes of at least 4 members (excludes halogenated alkanes) is 44. The summed E-state index contributed by atoms with van der Waals surface area (Å²) in [5.41, 5.74) is 0. The zero-order valence-electron chi connectivity index (χ0n) is 47.3. The number of amides is 1. The first-order valence-corrected chi connectivity index (χ1v) is 31.6. The molecule has 3 N–H and O–H groups in total. The Bertz CT molecular complexity index is 1090. The largest absolute Gasteiger partial charge is 0.466 e. The first kappa shape index (κ1) is 68.3. The van der Waals surface area contributed by atoms with Crippen molar-refractivity contribution in [2.45, 2.75) is 360 Å². The van der Waals surface area contributed by atoms with Crippen molar-refractivity contribution in [1.82, 2.24) is 5.32 Å². The van der Waals surface area contributed by atoms with Gasteiger partial charge in [0.15, 0.2) is 0 Å². The quantitative estimate of drug-likeness (QED) is 0.0321. The first-order valence-electron chi connectivity index (χ1n) is 31.6. The van der Waals surface area contributed by atoms with E-state index in [1.807, 2.05) is 0 Å². The third-order valence-corrected chi connectivity index (χ3v) is 14.7. The molecule has 0 aliphatic heterocycles. The van der Waals surface area contributed by atoms with E-state index in [0.717, 1.165) is 44.9 Å². The van der Waals surface area contributed by atoms with Gasteiger partial charge in [-0.25, -0.2) is 0 Å². The maximum atomic E-state index is 12.5. The van der Waals surface area contributed by atoms with E-state index in [9.17, 15) is 19.8 Å². The van der Waals surface area contributed by atoms with E-state index in [-0.39, 0.29) is 18.5 Å². The molecule has 0 saturated carbocycles. The summed E-state index contributed by atoms with van der Waals surface area (Å²) in [6, 6.07) is -0.543. The molecule has 414 valence electrons. The lowest BCUT2D eigenvalue weighted by atomic mass is 10.0. The molecule has 6 nitrogen and oxygen atoms in total. The fraction of sp³-hybridized carbons (Fsp3) is 0.906. The van der Waals surface area contributed by atoms with Gasteiger partial charge >= 0.3 is 5.97 Å². The van der Waals surface area contributed by atoms with Crippen LogP contribution in [0.15, 0.2) is 24.3 Å². The molecule has 1 amide bonds. The van der Waals surface area contributed by atoms with Crippen LogP contribution >= 0.6 is 0 Å². The van der Waals surface area contributed by atoms with E-state index < -0.39 is 12.1 Å². The van der Waals surface area contributed by atoms with Crippen LogP contribution in [0.2, 0.25) is 0 Å². The van der Waals surface area contributed by atoms with Gasteiger partial charge in [0.2, 0.25) is 5.91 Å². The van der Waals surface area contributed by atoms with Crippen molar-refractivity contribution >= 4 is 11.9 Å². The summed E-state index contributed by atoms with van der Waals surface area (Å²) in [5.74, 6) is -0.0316. The van der Waals surface area contributed by atoms with Gasteiger partial charge in [-0.1, -0.05) is 282 Å². The van der Waals surface area contributed by atoms with Crippen LogP contribution in [0.3, 0.4) is 0 Å². The molecular formula is C64H123NO5. The third kappa shape index (κ3) is 55.7. The maximum Gasteiger partial charge on any atom is 0.305 e. The molecule has 0 radical (unpaired) electrons. The lowest BCUT2D eigenvalue weighted by molar-refractivity contribution is -0.143. The van der Waals surface area contributed by atoms with Crippen molar-refractivity contribution in [3.8, 4) is 0 Å². The standard InChI is InChI=1S/C64H123NO5/c1-3-5-7-9-11-13-15-17-29-33-36-40-44-48-52-56-62(67)61(60-66)65-63(68)57-53-49-45-41-37-34-30-27-25-23-21-19-18-20-22-24-26-28-31-35-39-43-47-51-55-59-70-64(69)58-54-50-46-42-38-32-16-14-12-10-8-6-4-2/h14,16,19,21,61-62,66-67H,3-13,15,17-18,20,22-60H2,1-2H3,(H,65,68)/b16-14-,21-19-. The van der Waals surface area contributed by atoms with Crippen LogP contribution in [-0.2, 0) is 14.3 Å². The van der Waals surface area contributed by atoms with Gasteiger partial charge in [-0.3, -0.25) is 9.59 Å². The van der Waals surface area contributed by atoms with Crippen molar-refractivity contribution < 1.29 is 24.5 Å². The summed E-state index contributed by atoms with van der Waals surface area (Å²) in [5, 5.41) is 23.3. The van der Waals surface area contributed by atoms with E-state index in [1.165, 1.54) is 270 Å². The summed E-state index contributed by atoms with van der Waals surface area (Å²) < 4.78 is 5.47. The Morgan fingerprint density at radius 2 is 0.671 bits per heavy atom. The molecular weight excluding hydrogens is 863 g/mol. The molecule has 70 heavy (non-hydrogen) atoms. The predicted octanol–water partition coefficient (Wildman–Crippen LogP) is 19.8. The van der Waals surface area contributed by atoms with E-state index in [1.54, 1.807) is 0 Å². The van der Waals surface area contributed by atoms with Crippen molar-refractivity contribution in [3.05, 3.63) is 24.3 Å². The van der Waals surface area contributed by atoms with Crippen LogP contribution in [0, 0.1) is 0 Å². The number of esters is 1. The molecule has 0 bridgehead atoms. The Kier molecular flexibility index (Phi) is 58.5. The number of nitrogens with one attached hydrogen (secondary N) is 1. The number of carbonyl (C=O) groups excluding carboxylic acids is 2. The summed E-state index contributed by atoms with van der Waals surface area (Å²) in [6.07, 6.45) is 73.3. The first-order chi connectivity index (χ1) is 34.5. The molecule has 0 fully saturated rings. The fourth-order valence-electron chi connectivity index (χ4n) is 9.87. The van der Waals surface area contributed by atoms with Crippen LogP contribution < -0.4 is 5.32 Å². The fourth-order valence-corrected chi connectivity index (χ4v) is 9.87. The SMILES string of the molecule is CCCCCC/C=C\CCCCCCCC(=O)OCCCCCCCCCCCCCC/C=C\CCCCCCCCCCCC(=O)NC(CO)C(O)CCCCCCCCCCCCCCCCC. The van der Waals surface area contributed by atoms with Crippen LogP contribution in [0.1, 0.15) is 348 Å². The molecule has 0 aliphatic carbocycles. The van der Waals surface area contributed by atoms with Gasteiger partial charge in [0.25, 0.3) is 0 Å². The normalized spacial score (nSPS) is 12.7. The number of aliphatic hydroxyl groups excluding tert-OH is 2. The van der Waals surface area contributed by atoms with Gasteiger partial charge in [-0.15, -0.1) is 0 Å². The molecule has 0 saturated heterocycles. The van der Waals surface area contributed by atoms with Gasteiger partial charge < -0.3 is 20.3 Å². The monoisotopic (exact) mass is 986 g/mol. The van der Waals surface area contributed by atoms with Gasteiger partial charge in [-0.05, 0) is 77.0 Å². The van der Waals surface area contributed by atoms with Gasteiger partial charge in [0, 0.05) is 12.8 Å². The van der Waals surface area contributed by atoms with Crippen LogP contribution in [0.25, 0.3) is 0 Å². The van der Waals surface area contributed by atoms with E-state index in [4.69, 9.17) is 4.74 Å². The average molecular weight is 987 g/mol. The smallest absolute Gasteiger partial charge is 0.305 e. The summed E-state index contributed by atoms with van der Waals surface area (Å²) in [6.45, 7) is 4.95. The minimum absolute atomic E-state index is 0.00451. The number of rotatable bonds is 59. The maximum absolute atomic E-state index is 12.5. The molecule has 2 unspecified atom stereocenters. The highest BCUT2D eigenvalue weighted by atomic mass is 16.5. The van der Waals surface area contributed by atoms with Crippen LogP contribution in [0.5, 0.6) is 0 Å². The summed E-state index contributed by atoms with van der Waals surface area (Å²) >= 11 is 0. The molecule has 0 spiro atoms. The Morgan fingerprint density at radius 3 is 1.03 bits per heavy atom. The Labute approximate surface area is 437 Å². The highest BCUT2D eigenvalue weighted by molar-refractivity contribution is 5.76. The molecule has 2 atom stereocenters. The van der Waals surface area contributed by atoms with Crippen molar-refractivity contribution in [2.24, 2.45) is 0 Å². The number of carbonyl (C=O) groups is 2. The van der Waals surface area contributed by atoms with Crippen LogP contribution in [0.4, 0.5) is 0 Å². The summed E-state index contributed by atoms with van der Waals surface area (Å²) in [7, 11) is 0. The highest BCUT2D eigenvalue weighted by Crippen LogP contribution is 2.18. The van der Waals surface area contributed by atoms with E-state index in [0.29, 0.717) is 25.9 Å². The molecule has 0 aromatic carbocycles. The average Bonchev–Trinajstić information content (AvgIpc) is 3.36. The Balaban J connectivity index is 3.39. The molecule has 0 aromatic rings. The van der Waals surface area contributed by atoms with Gasteiger partial charge in [0.05, 0.1) is 25.4 Å². The zero-order valence-corrected chi connectivity index (χ0v) is 47.3.